The van der Waals surface area contributed by atoms with Gasteiger partial charge in [-0.05, 0) is 36.1 Å². The molecule has 1 N–H and O–H groups in total. The highest BCUT2D eigenvalue weighted by Gasteiger charge is 2.48. The van der Waals surface area contributed by atoms with Crippen LogP contribution < -0.4 is 14.4 Å². The maximum atomic E-state index is 13.9. The van der Waals surface area contributed by atoms with Crippen LogP contribution in [0.25, 0.3) is 10.2 Å². The van der Waals surface area contributed by atoms with Gasteiger partial charge in [-0.1, -0.05) is 11.3 Å². The van der Waals surface area contributed by atoms with E-state index in [1.165, 1.54) is 42.2 Å². The Kier molecular flexibility index (Phi) is 7.71. The number of quaternary nitrogens is 1. The number of hydrogen-bond donors (Lipinski definition) is 1. The number of likely N-dealkylation sites (tertiary alicyclic amines) is 1. The maximum absolute atomic E-state index is 13.9. The van der Waals surface area contributed by atoms with E-state index >= 15 is 0 Å². The van der Waals surface area contributed by atoms with Gasteiger partial charge in [-0.3, -0.25) is 14.5 Å². The number of carbonyl (C=O) groups is 2. The number of fused-ring (bicyclic) bond motifs is 2. The third-order valence-electron chi connectivity index (χ3n) is 8.24. The summed E-state index contributed by atoms with van der Waals surface area (Å²) in [5.41, 5.74) is 0.138. The summed E-state index contributed by atoms with van der Waals surface area (Å²) in [4.78, 5) is 31.6. The summed E-state index contributed by atoms with van der Waals surface area (Å²) in [5, 5.41) is 10.0. The Bertz CT molecular complexity index is 1420. The molecule has 8 nitrogen and oxygen atoms in total. The molecule has 2 heterocycles. The monoisotopic (exact) mass is 574 g/mol. The average Bonchev–Trinajstić information content (AvgIpc) is 3.62. The van der Waals surface area contributed by atoms with Crippen LogP contribution in [0.2, 0.25) is 0 Å². The van der Waals surface area contributed by atoms with E-state index in [1.807, 2.05) is 6.07 Å². The zero-order chi connectivity index (χ0) is 28.7. The number of carboxylic acid groups (broad SMARTS) is 1. The summed E-state index contributed by atoms with van der Waals surface area (Å²) in [6, 6.07) is 5.73. The van der Waals surface area contributed by atoms with Crippen LogP contribution in [-0.4, -0.2) is 73.9 Å². The number of hydrogen-bond acceptors (Lipinski definition) is 6. The van der Waals surface area contributed by atoms with Crippen molar-refractivity contribution >= 4 is 38.6 Å². The van der Waals surface area contributed by atoms with Crippen LogP contribution in [0.3, 0.4) is 0 Å². The lowest BCUT2D eigenvalue weighted by atomic mass is 9.80. The number of benzene rings is 2. The second-order valence-electron chi connectivity index (χ2n) is 11.3. The predicted octanol–water partition coefficient (Wildman–Crippen LogP) is 4.82. The Hall–Kier alpha value is -3.31. The molecule has 2 aliphatic rings. The third-order valence-corrected chi connectivity index (χ3v) is 9.34. The number of ether oxygens (including phenoxy) is 2. The Balaban J connectivity index is 1.35. The quantitative estimate of drug-likeness (QED) is 0.276. The number of halogens is 2. The molecule has 0 saturated carbocycles. The van der Waals surface area contributed by atoms with Gasteiger partial charge in [0.05, 0.1) is 62.5 Å². The molecule has 11 heteroatoms. The first-order chi connectivity index (χ1) is 19.0. The normalized spacial score (nSPS) is 17.1. The molecule has 2 aromatic carbocycles. The van der Waals surface area contributed by atoms with Gasteiger partial charge in [0.2, 0.25) is 5.91 Å². The number of carbonyl (C=O) groups excluding carboxylic acids is 1. The first-order valence-electron chi connectivity index (χ1n) is 13.4. The van der Waals surface area contributed by atoms with E-state index in [2.05, 4.69) is 12.0 Å². The first-order valence-corrected chi connectivity index (χ1v) is 14.3. The number of nitrogens with zero attached hydrogens (tertiary/aromatic N) is 3. The zero-order valence-corrected chi connectivity index (χ0v) is 23.8. The van der Waals surface area contributed by atoms with E-state index in [4.69, 9.17) is 9.47 Å². The highest BCUT2D eigenvalue weighted by atomic mass is 32.1. The molecule has 0 atom stereocenters. The fraction of sp³-hybridized carbons (Fsp3) is 0.483. The molecule has 40 heavy (non-hydrogen) atoms. The van der Waals surface area contributed by atoms with Gasteiger partial charge < -0.3 is 19.1 Å². The molecular formula is C29H34F2N3O5S+. The van der Waals surface area contributed by atoms with Crippen LogP contribution in [0, 0.1) is 17.0 Å². The van der Waals surface area contributed by atoms with Crippen LogP contribution in [0.15, 0.2) is 24.3 Å². The molecule has 214 valence electrons. The van der Waals surface area contributed by atoms with Gasteiger partial charge in [-0.25, -0.2) is 13.8 Å². The van der Waals surface area contributed by atoms with E-state index in [-0.39, 0.29) is 12.8 Å². The first kappa shape index (κ1) is 28.2. The van der Waals surface area contributed by atoms with Crippen LogP contribution in [0.5, 0.6) is 11.5 Å². The number of anilines is 1. The van der Waals surface area contributed by atoms with Crippen molar-refractivity contribution in [3.8, 4) is 11.5 Å². The van der Waals surface area contributed by atoms with Gasteiger partial charge in [0.15, 0.2) is 28.3 Å². The number of amides is 1. The summed E-state index contributed by atoms with van der Waals surface area (Å²) >= 11 is 1.27. The van der Waals surface area contributed by atoms with E-state index in [1.54, 1.807) is 20.2 Å². The lowest BCUT2D eigenvalue weighted by Gasteiger charge is -2.30. The maximum Gasteiger partial charge on any atom is 0.304 e. The molecule has 1 aliphatic heterocycles. The topological polar surface area (TPSA) is 89.0 Å². The molecule has 1 fully saturated rings. The molecule has 0 radical (unpaired) electrons. The fourth-order valence-corrected chi connectivity index (χ4v) is 7.06. The number of aliphatic carboxylic acids is 1. The minimum Gasteiger partial charge on any atom is -0.493 e. The Labute approximate surface area is 235 Å². The molecular weight excluding hydrogens is 540 g/mol. The lowest BCUT2D eigenvalue weighted by Crippen LogP contribution is -2.44. The zero-order valence-electron chi connectivity index (χ0n) is 23.0. The summed E-state index contributed by atoms with van der Waals surface area (Å²) < 4.78 is 41.3. The van der Waals surface area contributed by atoms with Crippen LogP contribution in [0.1, 0.15) is 36.8 Å². The second-order valence-corrected chi connectivity index (χ2v) is 12.3. The number of rotatable bonds is 10. The minimum absolute atomic E-state index is 0.00345. The van der Waals surface area contributed by atoms with Crippen molar-refractivity contribution < 1.29 is 37.4 Å². The standard InChI is InChI=1S/C29H33F2N3O5S/c1-33(27(37)29(17-26(35)36)15-18-11-20(30)21(31)12-19(18)16-29)28-32-22-13-24(23(38-3)14-25(22)40-28)39-10-6-9-34(2)7-4-5-8-34/h11-14H,4-10,15-17H2,1-3H3/p+1. The van der Waals surface area contributed by atoms with Crippen molar-refractivity contribution in [2.75, 3.05) is 52.3 Å². The molecule has 1 amide bonds. The van der Waals surface area contributed by atoms with Crippen LogP contribution in [-0.2, 0) is 22.4 Å². The van der Waals surface area contributed by atoms with Crippen molar-refractivity contribution in [2.45, 2.75) is 38.5 Å². The minimum atomic E-state index is -1.37. The molecule has 0 spiro atoms. The Morgan fingerprint density at radius 1 is 1.10 bits per heavy atom. The largest absolute Gasteiger partial charge is 0.493 e. The fourth-order valence-electron chi connectivity index (χ4n) is 6.12. The van der Waals surface area contributed by atoms with Gasteiger partial charge in [0.1, 0.15) is 0 Å². The SMILES string of the molecule is COc1cc2sc(N(C)C(=O)C3(CC(=O)O)Cc4cc(F)c(F)cc4C3)nc2cc1OCCC[N+]1(C)CCCC1. The van der Waals surface area contributed by atoms with Gasteiger partial charge in [0, 0.05) is 38.4 Å². The summed E-state index contributed by atoms with van der Waals surface area (Å²) in [5.74, 6) is -2.52. The van der Waals surface area contributed by atoms with Crippen LogP contribution in [0.4, 0.5) is 13.9 Å². The van der Waals surface area contributed by atoms with Gasteiger partial charge in [0.25, 0.3) is 0 Å². The van der Waals surface area contributed by atoms with Crippen molar-refractivity contribution in [1.29, 1.82) is 0 Å². The van der Waals surface area contributed by atoms with Gasteiger partial charge in [-0.2, -0.15) is 0 Å². The molecule has 0 unspecified atom stereocenters. The number of thiazole rings is 1. The highest BCUT2D eigenvalue weighted by Crippen LogP contribution is 2.44. The summed E-state index contributed by atoms with van der Waals surface area (Å²) in [6.45, 7) is 4.01. The number of carboxylic acids is 1. The molecule has 1 saturated heterocycles. The van der Waals surface area contributed by atoms with Crippen molar-refractivity contribution in [1.82, 2.24) is 4.98 Å². The highest BCUT2D eigenvalue weighted by molar-refractivity contribution is 7.22. The van der Waals surface area contributed by atoms with E-state index in [0.29, 0.717) is 39.9 Å². The van der Waals surface area contributed by atoms with E-state index in [9.17, 15) is 23.5 Å². The number of aromatic nitrogens is 1. The van der Waals surface area contributed by atoms with Gasteiger partial charge >= 0.3 is 5.97 Å². The number of methoxy groups -OCH3 is 1. The van der Waals surface area contributed by atoms with E-state index in [0.717, 1.165) is 34.3 Å². The molecule has 1 aliphatic carbocycles. The Morgan fingerprint density at radius 2 is 1.75 bits per heavy atom. The van der Waals surface area contributed by atoms with Gasteiger partial charge in [-0.15, -0.1) is 0 Å². The van der Waals surface area contributed by atoms with Crippen molar-refractivity contribution in [3.05, 3.63) is 47.0 Å². The van der Waals surface area contributed by atoms with Crippen molar-refractivity contribution in [2.24, 2.45) is 5.41 Å². The molecule has 5 rings (SSSR count). The van der Waals surface area contributed by atoms with Crippen molar-refractivity contribution in [3.63, 3.8) is 0 Å². The Morgan fingerprint density at radius 3 is 2.35 bits per heavy atom. The van der Waals surface area contributed by atoms with E-state index < -0.39 is 35.3 Å². The summed E-state index contributed by atoms with van der Waals surface area (Å²) in [7, 11) is 5.40. The molecule has 1 aromatic heterocycles. The lowest BCUT2D eigenvalue weighted by molar-refractivity contribution is -0.897. The average molecular weight is 575 g/mol. The second kappa shape index (κ2) is 10.9. The molecule has 3 aromatic rings. The van der Waals surface area contributed by atoms with Crippen LogP contribution >= 0.6 is 11.3 Å². The summed E-state index contributed by atoms with van der Waals surface area (Å²) in [6.07, 6.45) is 2.99. The third kappa shape index (κ3) is 5.49. The predicted molar refractivity (Wildman–Crippen MR) is 148 cm³/mol. The molecule has 0 bridgehead atoms. The smallest absolute Gasteiger partial charge is 0.304 e.